The van der Waals surface area contributed by atoms with Crippen molar-refractivity contribution in [1.82, 2.24) is 15.1 Å². The lowest BCUT2D eigenvalue weighted by atomic mass is 10.2. The Labute approximate surface area is 156 Å². The molecule has 1 aromatic heterocycles. The standard InChI is InChI=1S/C18H20ClN3O2S/c19-16-6-2-1-5-15(16)18(24)20-12-17(23)22-9-7-21(8-10-22)13-14-4-3-11-25-14/h1-6,11H,7-10,12-13H2,(H,20,24). The fourth-order valence-electron chi connectivity index (χ4n) is 2.79. The number of amides is 2. The molecule has 132 valence electrons. The van der Waals surface area contributed by atoms with Crippen molar-refractivity contribution in [2.45, 2.75) is 6.54 Å². The average molecular weight is 378 g/mol. The maximum atomic E-state index is 12.3. The van der Waals surface area contributed by atoms with Gasteiger partial charge in [0.05, 0.1) is 17.1 Å². The zero-order chi connectivity index (χ0) is 17.6. The Morgan fingerprint density at radius 1 is 1.08 bits per heavy atom. The van der Waals surface area contributed by atoms with E-state index in [0.29, 0.717) is 23.7 Å². The lowest BCUT2D eigenvalue weighted by Crippen LogP contribution is -2.50. The van der Waals surface area contributed by atoms with E-state index in [2.05, 4.69) is 27.7 Å². The van der Waals surface area contributed by atoms with Gasteiger partial charge in [-0.2, -0.15) is 0 Å². The zero-order valence-electron chi connectivity index (χ0n) is 13.8. The third-order valence-corrected chi connectivity index (χ3v) is 5.39. The number of benzene rings is 1. The molecule has 0 aliphatic carbocycles. The van der Waals surface area contributed by atoms with Crippen molar-refractivity contribution in [3.63, 3.8) is 0 Å². The van der Waals surface area contributed by atoms with Crippen LogP contribution in [0.5, 0.6) is 0 Å². The second kappa shape index (κ2) is 8.47. The van der Waals surface area contributed by atoms with Crippen molar-refractivity contribution in [2.24, 2.45) is 0 Å². The molecule has 1 fully saturated rings. The van der Waals surface area contributed by atoms with E-state index >= 15 is 0 Å². The molecule has 0 spiro atoms. The molecule has 1 N–H and O–H groups in total. The Morgan fingerprint density at radius 3 is 2.52 bits per heavy atom. The van der Waals surface area contributed by atoms with Crippen molar-refractivity contribution in [2.75, 3.05) is 32.7 Å². The molecule has 2 amide bonds. The largest absolute Gasteiger partial charge is 0.343 e. The quantitative estimate of drug-likeness (QED) is 0.870. The summed E-state index contributed by atoms with van der Waals surface area (Å²) >= 11 is 7.75. The van der Waals surface area contributed by atoms with Crippen LogP contribution in [0.4, 0.5) is 0 Å². The Bertz CT molecular complexity index is 728. The summed E-state index contributed by atoms with van der Waals surface area (Å²) in [5.41, 5.74) is 0.387. The summed E-state index contributed by atoms with van der Waals surface area (Å²) < 4.78 is 0. The van der Waals surface area contributed by atoms with Gasteiger partial charge in [-0.1, -0.05) is 29.8 Å². The molecule has 0 atom stereocenters. The van der Waals surface area contributed by atoms with Gasteiger partial charge >= 0.3 is 0 Å². The molecule has 0 unspecified atom stereocenters. The number of hydrogen-bond donors (Lipinski definition) is 1. The molecular formula is C18H20ClN3O2S. The van der Waals surface area contributed by atoms with Gasteiger partial charge in [0.2, 0.25) is 5.91 Å². The maximum Gasteiger partial charge on any atom is 0.253 e. The molecule has 25 heavy (non-hydrogen) atoms. The van der Waals surface area contributed by atoms with Gasteiger partial charge in [0.15, 0.2) is 0 Å². The number of rotatable bonds is 5. The van der Waals surface area contributed by atoms with Crippen LogP contribution in [0.2, 0.25) is 5.02 Å². The molecule has 1 aliphatic heterocycles. The maximum absolute atomic E-state index is 12.3. The normalized spacial score (nSPS) is 15.2. The number of carbonyl (C=O) groups is 2. The average Bonchev–Trinajstić information content (AvgIpc) is 3.13. The highest BCUT2D eigenvalue weighted by Gasteiger charge is 2.22. The predicted octanol–water partition coefficient (Wildman–Crippen LogP) is 2.48. The SMILES string of the molecule is O=C(NCC(=O)N1CCN(Cc2cccs2)CC1)c1ccccc1Cl. The van der Waals surface area contributed by atoms with E-state index in [4.69, 9.17) is 11.6 Å². The number of nitrogens with one attached hydrogen (secondary N) is 1. The van der Waals surface area contributed by atoms with Gasteiger partial charge in [-0.15, -0.1) is 11.3 Å². The monoisotopic (exact) mass is 377 g/mol. The summed E-state index contributed by atoms with van der Waals surface area (Å²) in [6, 6.07) is 11.0. The van der Waals surface area contributed by atoms with Crippen LogP contribution in [-0.2, 0) is 11.3 Å². The molecule has 3 rings (SSSR count). The number of halogens is 1. The zero-order valence-corrected chi connectivity index (χ0v) is 15.4. The van der Waals surface area contributed by atoms with E-state index in [1.807, 2.05) is 0 Å². The van der Waals surface area contributed by atoms with Crippen LogP contribution < -0.4 is 5.32 Å². The van der Waals surface area contributed by atoms with E-state index in [-0.39, 0.29) is 18.4 Å². The van der Waals surface area contributed by atoms with Crippen LogP contribution in [0.3, 0.4) is 0 Å². The Kier molecular flexibility index (Phi) is 6.07. The summed E-state index contributed by atoms with van der Waals surface area (Å²) in [7, 11) is 0. The Balaban J connectivity index is 1.43. The highest BCUT2D eigenvalue weighted by molar-refractivity contribution is 7.09. The van der Waals surface area contributed by atoms with E-state index in [0.717, 1.165) is 19.6 Å². The van der Waals surface area contributed by atoms with Crippen LogP contribution in [0.1, 0.15) is 15.2 Å². The van der Waals surface area contributed by atoms with Crippen LogP contribution in [0.25, 0.3) is 0 Å². The highest BCUT2D eigenvalue weighted by atomic mass is 35.5. The van der Waals surface area contributed by atoms with Gasteiger partial charge in [0, 0.05) is 37.6 Å². The Morgan fingerprint density at radius 2 is 1.84 bits per heavy atom. The topological polar surface area (TPSA) is 52.7 Å². The summed E-state index contributed by atoms with van der Waals surface area (Å²) in [6.07, 6.45) is 0. The third-order valence-electron chi connectivity index (χ3n) is 4.20. The number of nitrogens with zero attached hydrogens (tertiary/aromatic N) is 2. The van der Waals surface area contributed by atoms with Gasteiger partial charge in [-0.25, -0.2) is 0 Å². The van der Waals surface area contributed by atoms with Crippen molar-refractivity contribution in [3.05, 3.63) is 57.2 Å². The minimum Gasteiger partial charge on any atom is -0.343 e. The second-order valence-electron chi connectivity index (χ2n) is 5.90. The highest BCUT2D eigenvalue weighted by Crippen LogP contribution is 2.15. The fourth-order valence-corrected chi connectivity index (χ4v) is 3.75. The van der Waals surface area contributed by atoms with Gasteiger partial charge in [0.25, 0.3) is 5.91 Å². The molecule has 5 nitrogen and oxygen atoms in total. The van der Waals surface area contributed by atoms with E-state index in [9.17, 15) is 9.59 Å². The first-order valence-electron chi connectivity index (χ1n) is 8.19. The van der Waals surface area contributed by atoms with Crippen molar-refractivity contribution in [3.8, 4) is 0 Å². The van der Waals surface area contributed by atoms with E-state index in [1.165, 1.54) is 4.88 Å². The number of piperazine rings is 1. The fraction of sp³-hybridized carbons (Fsp3) is 0.333. The molecule has 0 bridgehead atoms. The Hall–Kier alpha value is -1.89. The van der Waals surface area contributed by atoms with Gasteiger partial charge in [-0.3, -0.25) is 14.5 Å². The third kappa shape index (κ3) is 4.81. The molecule has 0 saturated carbocycles. The lowest BCUT2D eigenvalue weighted by Gasteiger charge is -2.34. The van der Waals surface area contributed by atoms with Crippen LogP contribution in [-0.4, -0.2) is 54.3 Å². The molecule has 1 aliphatic rings. The summed E-state index contributed by atoms with van der Waals surface area (Å²) in [6.45, 7) is 4.00. The summed E-state index contributed by atoms with van der Waals surface area (Å²) in [5, 5.41) is 5.12. The number of carbonyl (C=O) groups excluding carboxylic acids is 2. The number of thiophene rings is 1. The molecule has 1 aromatic carbocycles. The molecule has 0 radical (unpaired) electrons. The second-order valence-corrected chi connectivity index (χ2v) is 7.34. The molecular weight excluding hydrogens is 358 g/mol. The first-order chi connectivity index (χ1) is 12.1. The first-order valence-corrected chi connectivity index (χ1v) is 9.44. The van der Waals surface area contributed by atoms with E-state index < -0.39 is 0 Å². The van der Waals surface area contributed by atoms with Crippen LogP contribution in [0.15, 0.2) is 41.8 Å². The van der Waals surface area contributed by atoms with Gasteiger partial charge in [0.1, 0.15) is 0 Å². The van der Waals surface area contributed by atoms with Crippen molar-refractivity contribution < 1.29 is 9.59 Å². The first kappa shape index (κ1) is 17.9. The molecule has 2 aromatic rings. The smallest absolute Gasteiger partial charge is 0.253 e. The summed E-state index contributed by atoms with van der Waals surface area (Å²) in [4.78, 5) is 29.9. The van der Waals surface area contributed by atoms with Crippen LogP contribution >= 0.6 is 22.9 Å². The van der Waals surface area contributed by atoms with Gasteiger partial charge in [-0.05, 0) is 23.6 Å². The molecule has 1 saturated heterocycles. The molecule has 2 heterocycles. The van der Waals surface area contributed by atoms with Crippen molar-refractivity contribution in [1.29, 1.82) is 0 Å². The van der Waals surface area contributed by atoms with Crippen LogP contribution in [0, 0.1) is 0 Å². The number of hydrogen-bond acceptors (Lipinski definition) is 4. The molecule has 7 heteroatoms. The van der Waals surface area contributed by atoms with E-state index in [1.54, 1.807) is 40.5 Å². The minimum atomic E-state index is -0.324. The minimum absolute atomic E-state index is 0.00498. The lowest BCUT2D eigenvalue weighted by molar-refractivity contribution is -0.131. The van der Waals surface area contributed by atoms with Crippen molar-refractivity contribution >= 4 is 34.8 Å². The van der Waals surface area contributed by atoms with Gasteiger partial charge < -0.3 is 10.2 Å². The summed E-state index contributed by atoms with van der Waals surface area (Å²) in [5.74, 6) is -0.383. The predicted molar refractivity (Wildman–Crippen MR) is 100.0 cm³/mol.